The lowest BCUT2D eigenvalue weighted by Crippen LogP contribution is -2.30. The maximum absolute atomic E-state index is 4.64. The van der Waals surface area contributed by atoms with Crippen LogP contribution in [0, 0.1) is 0 Å². The van der Waals surface area contributed by atoms with E-state index in [0.717, 1.165) is 0 Å². The molecule has 224 valence electrons. The van der Waals surface area contributed by atoms with Gasteiger partial charge in [0, 0.05) is 38.7 Å². The van der Waals surface area contributed by atoms with Crippen LogP contribution in [0.1, 0.15) is 25.0 Å². The molecule has 0 atom stereocenters. The Morgan fingerprint density at radius 1 is 0.553 bits per heavy atom. The van der Waals surface area contributed by atoms with Gasteiger partial charge in [-0.05, 0) is 91.6 Å². The first-order valence-electron chi connectivity index (χ1n) is 16.1. The van der Waals surface area contributed by atoms with Crippen molar-refractivity contribution in [3.05, 3.63) is 169 Å². The van der Waals surface area contributed by atoms with Crippen LogP contribution in [0.3, 0.4) is 0 Å². The van der Waals surface area contributed by atoms with E-state index in [1.54, 1.807) is 0 Å². The molecule has 1 aliphatic heterocycles. The first-order chi connectivity index (χ1) is 23.1. The van der Waals surface area contributed by atoms with Crippen molar-refractivity contribution in [3.8, 4) is 11.1 Å². The van der Waals surface area contributed by atoms with Gasteiger partial charge in [0.15, 0.2) is 0 Å². The summed E-state index contributed by atoms with van der Waals surface area (Å²) >= 11 is 1.85. The summed E-state index contributed by atoms with van der Waals surface area (Å²) in [5.74, 6) is 0. The van der Waals surface area contributed by atoms with Crippen molar-refractivity contribution >= 4 is 61.1 Å². The summed E-state index contributed by atoms with van der Waals surface area (Å²) in [6, 6.07) is 53.1. The quantitative estimate of drug-likeness (QED) is 0.182. The van der Waals surface area contributed by atoms with Crippen LogP contribution >= 0.6 is 11.8 Å². The second-order valence-corrected chi connectivity index (χ2v) is 13.9. The number of rotatable bonds is 4. The van der Waals surface area contributed by atoms with E-state index in [4.69, 9.17) is 0 Å². The molecule has 2 heterocycles. The molecule has 0 radical (unpaired) electrons. The minimum Gasteiger partial charge on any atom is -0.310 e. The van der Waals surface area contributed by atoms with Crippen LogP contribution in [0.15, 0.2) is 168 Å². The van der Waals surface area contributed by atoms with E-state index in [1.807, 2.05) is 24.2 Å². The Balaban J connectivity index is 1.24. The Kier molecular flexibility index (Phi) is 6.45. The van der Waals surface area contributed by atoms with Crippen molar-refractivity contribution in [1.82, 2.24) is 4.98 Å². The molecular formula is C44H32N2S. The van der Waals surface area contributed by atoms with Gasteiger partial charge in [-0.3, -0.25) is 4.98 Å². The second kappa shape index (κ2) is 10.9. The van der Waals surface area contributed by atoms with Crippen LogP contribution in [0.25, 0.3) is 43.4 Å². The highest BCUT2D eigenvalue weighted by Gasteiger charge is 2.36. The molecule has 9 rings (SSSR count). The van der Waals surface area contributed by atoms with Crippen LogP contribution < -0.4 is 4.90 Å². The lowest BCUT2D eigenvalue weighted by molar-refractivity contribution is 0.631. The van der Waals surface area contributed by atoms with E-state index in [2.05, 4.69) is 169 Å². The molecule has 3 heteroatoms. The smallest absolute Gasteiger partial charge is 0.0513 e. The predicted octanol–water partition coefficient (Wildman–Crippen LogP) is 12.5. The highest BCUT2D eigenvalue weighted by Crippen LogP contribution is 2.53. The molecule has 7 aromatic carbocycles. The summed E-state index contributed by atoms with van der Waals surface area (Å²) in [6.07, 6.45) is 3.97. The van der Waals surface area contributed by atoms with Crippen molar-refractivity contribution in [2.24, 2.45) is 0 Å². The maximum Gasteiger partial charge on any atom is 0.0513 e. The standard InChI is InChI=1S/C44H32N2S/c1-44(2)38-18-10-11-19-40(38)46(32-14-4-3-5-15-32)41-27-33(22-23-39(41)44)47-43-35-17-9-8-16-34(35)42(37-28-45-25-24-36(37)43)31-21-20-29-12-6-7-13-30(29)26-31/h3-28H,1-2H3. The molecule has 1 aliphatic rings. The fourth-order valence-electron chi connectivity index (χ4n) is 7.48. The number of hydrogen-bond donors (Lipinski definition) is 0. The molecule has 1 aromatic heterocycles. The summed E-state index contributed by atoms with van der Waals surface area (Å²) in [6.45, 7) is 4.69. The van der Waals surface area contributed by atoms with E-state index in [9.17, 15) is 0 Å². The van der Waals surface area contributed by atoms with Crippen molar-refractivity contribution < 1.29 is 0 Å². The first kappa shape index (κ1) is 27.9. The number of fused-ring (bicyclic) bond motifs is 5. The topological polar surface area (TPSA) is 16.1 Å². The minimum atomic E-state index is -0.132. The first-order valence-corrected chi connectivity index (χ1v) is 16.9. The van der Waals surface area contributed by atoms with Gasteiger partial charge in [0.2, 0.25) is 0 Å². The molecule has 0 bridgehead atoms. The number of pyridine rings is 1. The largest absolute Gasteiger partial charge is 0.310 e. The van der Waals surface area contributed by atoms with Crippen LogP contribution in [-0.2, 0) is 5.41 Å². The lowest BCUT2D eigenvalue weighted by Gasteiger charge is -2.42. The Labute approximate surface area is 279 Å². The molecule has 0 saturated carbocycles. The third-order valence-corrected chi connectivity index (χ3v) is 10.9. The third kappa shape index (κ3) is 4.45. The number of benzene rings is 7. The van der Waals surface area contributed by atoms with E-state index in [1.165, 1.54) is 81.4 Å². The van der Waals surface area contributed by atoms with Crippen LogP contribution in [0.5, 0.6) is 0 Å². The zero-order valence-electron chi connectivity index (χ0n) is 26.3. The van der Waals surface area contributed by atoms with Gasteiger partial charge in [-0.15, -0.1) is 0 Å². The summed E-state index contributed by atoms with van der Waals surface area (Å²) in [4.78, 5) is 9.54. The Hall–Kier alpha value is -5.38. The monoisotopic (exact) mass is 620 g/mol. The zero-order chi connectivity index (χ0) is 31.5. The number of para-hydroxylation sites is 2. The summed E-state index contributed by atoms with van der Waals surface area (Å²) in [7, 11) is 0. The Morgan fingerprint density at radius 2 is 1.26 bits per heavy atom. The van der Waals surface area contributed by atoms with Crippen LogP contribution in [0.4, 0.5) is 17.1 Å². The molecule has 2 nitrogen and oxygen atoms in total. The number of aromatic nitrogens is 1. The van der Waals surface area contributed by atoms with E-state index in [-0.39, 0.29) is 5.41 Å². The van der Waals surface area contributed by atoms with Crippen molar-refractivity contribution in [3.63, 3.8) is 0 Å². The summed E-state index contributed by atoms with van der Waals surface area (Å²) in [5, 5.41) is 7.37. The van der Waals surface area contributed by atoms with E-state index >= 15 is 0 Å². The zero-order valence-corrected chi connectivity index (χ0v) is 27.1. The number of hydrogen-bond acceptors (Lipinski definition) is 3. The lowest BCUT2D eigenvalue weighted by atomic mass is 9.73. The van der Waals surface area contributed by atoms with Gasteiger partial charge >= 0.3 is 0 Å². The second-order valence-electron chi connectivity index (χ2n) is 12.8. The predicted molar refractivity (Wildman–Crippen MR) is 200 cm³/mol. The molecule has 47 heavy (non-hydrogen) atoms. The molecule has 0 saturated heterocycles. The van der Waals surface area contributed by atoms with Crippen LogP contribution in [0.2, 0.25) is 0 Å². The Bertz CT molecular complexity index is 2420. The molecule has 8 aromatic rings. The van der Waals surface area contributed by atoms with Crippen molar-refractivity contribution in [2.75, 3.05) is 4.90 Å². The minimum absolute atomic E-state index is 0.132. The van der Waals surface area contributed by atoms with Gasteiger partial charge < -0.3 is 4.90 Å². The fourth-order valence-corrected chi connectivity index (χ4v) is 8.60. The van der Waals surface area contributed by atoms with E-state index in [0.29, 0.717) is 0 Å². The average Bonchev–Trinajstić information content (AvgIpc) is 3.12. The summed E-state index contributed by atoms with van der Waals surface area (Å²) in [5.41, 5.74) is 8.61. The average molecular weight is 621 g/mol. The van der Waals surface area contributed by atoms with Crippen LogP contribution in [-0.4, -0.2) is 4.98 Å². The summed E-state index contributed by atoms with van der Waals surface area (Å²) < 4.78 is 0. The molecule has 0 unspecified atom stereocenters. The third-order valence-electron chi connectivity index (χ3n) is 9.75. The number of anilines is 3. The van der Waals surface area contributed by atoms with Gasteiger partial charge in [-0.25, -0.2) is 0 Å². The van der Waals surface area contributed by atoms with Gasteiger partial charge in [-0.1, -0.05) is 129 Å². The SMILES string of the molecule is CC1(C)c2ccccc2N(c2ccccc2)c2cc(Sc3c4ccccc4c(-c4ccc5ccccc5c4)c4cnccc34)ccc21. The molecule has 0 amide bonds. The highest BCUT2D eigenvalue weighted by atomic mass is 32.2. The molecule has 0 N–H and O–H groups in total. The Morgan fingerprint density at radius 3 is 2.13 bits per heavy atom. The molecular weight excluding hydrogens is 589 g/mol. The van der Waals surface area contributed by atoms with Gasteiger partial charge in [0.25, 0.3) is 0 Å². The highest BCUT2D eigenvalue weighted by molar-refractivity contribution is 7.99. The normalized spacial score (nSPS) is 13.5. The molecule has 0 spiro atoms. The maximum atomic E-state index is 4.64. The number of nitrogens with zero attached hydrogens (tertiary/aromatic N) is 2. The molecule has 0 fully saturated rings. The van der Waals surface area contributed by atoms with E-state index < -0.39 is 0 Å². The fraction of sp³-hybridized carbons (Fsp3) is 0.0682. The van der Waals surface area contributed by atoms with Gasteiger partial charge in [0.1, 0.15) is 0 Å². The van der Waals surface area contributed by atoms with Crippen molar-refractivity contribution in [1.29, 1.82) is 0 Å². The van der Waals surface area contributed by atoms with Crippen molar-refractivity contribution in [2.45, 2.75) is 29.1 Å². The molecule has 0 aliphatic carbocycles. The van der Waals surface area contributed by atoms with Gasteiger partial charge in [0.05, 0.1) is 11.4 Å². The van der Waals surface area contributed by atoms with Gasteiger partial charge in [-0.2, -0.15) is 0 Å².